The summed E-state index contributed by atoms with van der Waals surface area (Å²) in [7, 11) is 0. The van der Waals surface area contributed by atoms with Crippen molar-refractivity contribution in [2.24, 2.45) is 0 Å². The second-order valence-electron chi connectivity index (χ2n) is 4.32. The van der Waals surface area contributed by atoms with Crippen molar-refractivity contribution < 1.29 is 13.2 Å². The van der Waals surface area contributed by atoms with Crippen LogP contribution < -0.4 is 0 Å². The van der Waals surface area contributed by atoms with E-state index in [0.717, 1.165) is 36.0 Å². The standard InChI is InChI=1S/C14H15NO3S/c1-3-5-13-11(4-2)12-7-10(19(16)17)6-9(8-15)14(12)18-13/h6-7H,3-5H2,1-2H3,(H,16,17). The second kappa shape index (κ2) is 5.55. The molecule has 0 aliphatic carbocycles. The van der Waals surface area contributed by atoms with Gasteiger partial charge in [-0.2, -0.15) is 5.26 Å². The van der Waals surface area contributed by atoms with Crippen LogP contribution in [-0.2, 0) is 23.9 Å². The molecule has 2 rings (SSSR count). The molecule has 1 N–H and O–H groups in total. The van der Waals surface area contributed by atoms with Crippen LogP contribution in [0.1, 0.15) is 37.2 Å². The molecule has 1 atom stereocenters. The molecule has 4 nitrogen and oxygen atoms in total. The molecule has 0 saturated heterocycles. The zero-order valence-electron chi connectivity index (χ0n) is 10.9. The van der Waals surface area contributed by atoms with Crippen molar-refractivity contribution in [1.82, 2.24) is 0 Å². The average molecular weight is 277 g/mol. The van der Waals surface area contributed by atoms with Gasteiger partial charge in [0.1, 0.15) is 11.8 Å². The lowest BCUT2D eigenvalue weighted by Gasteiger charge is -1.99. The largest absolute Gasteiger partial charge is 0.459 e. The van der Waals surface area contributed by atoms with Crippen LogP contribution in [0, 0.1) is 11.3 Å². The zero-order chi connectivity index (χ0) is 14.0. The first-order chi connectivity index (χ1) is 9.12. The molecule has 0 aliphatic rings. The molecule has 0 amide bonds. The molecule has 2 aromatic rings. The monoisotopic (exact) mass is 277 g/mol. The summed E-state index contributed by atoms with van der Waals surface area (Å²) in [6.07, 6.45) is 2.53. The van der Waals surface area contributed by atoms with E-state index in [4.69, 9.17) is 9.68 Å². The Morgan fingerprint density at radius 2 is 2.16 bits per heavy atom. The van der Waals surface area contributed by atoms with Crippen LogP contribution in [-0.4, -0.2) is 8.76 Å². The fourth-order valence-corrected chi connectivity index (χ4v) is 2.71. The van der Waals surface area contributed by atoms with Gasteiger partial charge < -0.3 is 8.97 Å². The number of furan rings is 1. The molecule has 1 heterocycles. The Morgan fingerprint density at radius 3 is 2.68 bits per heavy atom. The average Bonchev–Trinajstić information content (AvgIpc) is 2.75. The van der Waals surface area contributed by atoms with Crippen LogP contribution in [0.4, 0.5) is 0 Å². The second-order valence-corrected chi connectivity index (χ2v) is 5.29. The van der Waals surface area contributed by atoms with Gasteiger partial charge in [-0.1, -0.05) is 13.8 Å². The Bertz CT molecular complexity index is 682. The molecule has 5 heteroatoms. The first-order valence-corrected chi connectivity index (χ1v) is 7.32. The SMILES string of the molecule is CCCc1oc2c(C#N)cc(S(=O)O)cc2c1CC. The van der Waals surface area contributed by atoms with Crippen LogP contribution >= 0.6 is 0 Å². The lowest BCUT2D eigenvalue weighted by molar-refractivity contribution is 0.537. The van der Waals surface area contributed by atoms with Crippen molar-refractivity contribution in [1.29, 1.82) is 5.26 Å². The molecule has 0 saturated carbocycles. The van der Waals surface area contributed by atoms with Gasteiger partial charge in [0.25, 0.3) is 0 Å². The summed E-state index contributed by atoms with van der Waals surface area (Å²) in [6.45, 7) is 4.07. The lowest BCUT2D eigenvalue weighted by atomic mass is 10.0. The van der Waals surface area contributed by atoms with Crippen LogP contribution in [0.5, 0.6) is 0 Å². The summed E-state index contributed by atoms with van der Waals surface area (Å²) >= 11 is -2.09. The molecule has 19 heavy (non-hydrogen) atoms. The first-order valence-electron chi connectivity index (χ1n) is 6.21. The summed E-state index contributed by atoms with van der Waals surface area (Å²) in [6, 6.07) is 5.09. The van der Waals surface area contributed by atoms with Gasteiger partial charge in [-0.15, -0.1) is 0 Å². The third kappa shape index (κ3) is 2.42. The number of nitriles is 1. The van der Waals surface area contributed by atoms with Crippen molar-refractivity contribution in [2.45, 2.75) is 38.0 Å². The molecule has 1 aromatic heterocycles. The molecule has 0 fully saturated rings. The van der Waals surface area contributed by atoms with Crippen LogP contribution in [0.25, 0.3) is 11.0 Å². The van der Waals surface area contributed by atoms with E-state index >= 15 is 0 Å². The van der Waals surface area contributed by atoms with Crippen LogP contribution in [0.2, 0.25) is 0 Å². The van der Waals surface area contributed by atoms with Gasteiger partial charge >= 0.3 is 0 Å². The minimum Gasteiger partial charge on any atom is -0.459 e. The van der Waals surface area contributed by atoms with E-state index in [9.17, 15) is 8.76 Å². The minimum atomic E-state index is -2.09. The van der Waals surface area contributed by atoms with Crippen molar-refractivity contribution >= 4 is 22.0 Å². The number of hydrogen-bond acceptors (Lipinski definition) is 3. The van der Waals surface area contributed by atoms with Crippen molar-refractivity contribution in [3.8, 4) is 6.07 Å². The van der Waals surface area contributed by atoms with Crippen molar-refractivity contribution in [3.05, 3.63) is 29.0 Å². The maximum Gasteiger partial charge on any atom is 0.186 e. The number of hydrogen-bond donors (Lipinski definition) is 1. The van der Waals surface area contributed by atoms with Crippen LogP contribution in [0.15, 0.2) is 21.4 Å². The van der Waals surface area contributed by atoms with Gasteiger partial charge in [-0.3, -0.25) is 0 Å². The van der Waals surface area contributed by atoms with E-state index in [1.807, 2.05) is 13.0 Å². The Hall–Kier alpha value is -1.64. The molecule has 0 spiro atoms. The van der Waals surface area contributed by atoms with E-state index in [1.54, 1.807) is 6.07 Å². The normalized spacial score (nSPS) is 12.5. The molecule has 0 aliphatic heterocycles. The highest BCUT2D eigenvalue weighted by Crippen LogP contribution is 2.31. The summed E-state index contributed by atoms with van der Waals surface area (Å²) in [4.78, 5) is 0.239. The highest BCUT2D eigenvalue weighted by atomic mass is 32.2. The van der Waals surface area contributed by atoms with Gasteiger partial charge in [-0.25, -0.2) is 4.21 Å². The third-order valence-electron chi connectivity index (χ3n) is 3.10. The zero-order valence-corrected chi connectivity index (χ0v) is 11.7. The van der Waals surface area contributed by atoms with E-state index in [-0.39, 0.29) is 4.90 Å². The molecule has 0 radical (unpaired) electrons. The molecule has 100 valence electrons. The molecular formula is C14H15NO3S. The molecule has 1 unspecified atom stereocenters. The maximum atomic E-state index is 11.2. The van der Waals surface area contributed by atoms with Gasteiger partial charge in [0.2, 0.25) is 0 Å². The molecular weight excluding hydrogens is 262 g/mol. The number of fused-ring (bicyclic) bond motifs is 1. The Kier molecular flexibility index (Phi) is 4.03. The Morgan fingerprint density at radius 1 is 1.42 bits per heavy atom. The predicted octanol–water partition coefficient (Wildman–Crippen LogP) is 3.40. The minimum absolute atomic E-state index is 0.239. The van der Waals surface area contributed by atoms with Gasteiger partial charge in [0.15, 0.2) is 16.7 Å². The smallest absolute Gasteiger partial charge is 0.186 e. The van der Waals surface area contributed by atoms with E-state index in [1.165, 1.54) is 6.07 Å². The summed E-state index contributed by atoms with van der Waals surface area (Å²) in [5.74, 6) is 0.873. The summed E-state index contributed by atoms with van der Waals surface area (Å²) in [5, 5.41) is 9.93. The van der Waals surface area contributed by atoms with Gasteiger partial charge in [0.05, 0.1) is 10.5 Å². The van der Waals surface area contributed by atoms with Crippen LogP contribution in [0.3, 0.4) is 0 Å². The van der Waals surface area contributed by atoms with Crippen molar-refractivity contribution in [2.75, 3.05) is 0 Å². The molecule has 0 bridgehead atoms. The highest BCUT2D eigenvalue weighted by molar-refractivity contribution is 7.79. The fourth-order valence-electron chi connectivity index (χ4n) is 2.27. The number of aryl methyl sites for hydroxylation is 2. The number of rotatable bonds is 4. The predicted molar refractivity (Wildman–Crippen MR) is 73.3 cm³/mol. The highest BCUT2D eigenvalue weighted by Gasteiger charge is 2.17. The summed E-state index contributed by atoms with van der Waals surface area (Å²) < 4.78 is 26.2. The Balaban J connectivity index is 2.80. The first kappa shape index (κ1) is 13.8. The topological polar surface area (TPSA) is 74.2 Å². The molecule has 1 aromatic carbocycles. The van der Waals surface area contributed by atoms with E-state index in [2.05, 4.69) is 6.92 Å². The van der Waals surface area contributed by atoms with Gasteiger partial charge in [0, 0.05) is 17.4 Å². The van der Waals surface area contributed by atoms with E-state index in [0.29, 0.717) is 11.1 Å². The van der Waals surface area contributed by atoms with Gasteiger partial charge in [-0.05, 0) is 25.0 Å². The lowest BCUT2D eigenvalue weighted by Crippen LogP contribution is -1.91. The fraction of sp³-hybridized carbons (Fsp3) is 0.357. The van der Waals surface area contributed by atoms with E-state index < -0.39 is 11.1 Å². The third-order valence-corrected chi connectivity index (χ3v) is 3.74. The Labute approximate surface area is 114 Å². The quantitative estimate of drug-likeness (QED) is 0.869. The van der Waals surface area contributed by atoms with Crippen molar-refractivity contribution in [3.63, 3.8) is 0 Å². The summed E-state index contributed by atoms with van der Waals surface area (Å²) in [5.41, 5.74) is 1.87. The maximum absolute atomic E-state index is 11.2. The number of benzene rings is 1. The number of nitrogens with zero attached hydrogens (tertiary/aromatic N) is 1.